The summed E-state index contributed by atoms with van der Waals surface area (Å²) in [7, 11) is 1.66. The van der Waals surface area contributed by atoms with Crippen molar-refractivity contribution in [1.82, 2.24) is 9.91 Å². The lowest BCUT2D eigenvalue weighted by molar-refractivity contribution is 0.131. The lowest BCUT2D eigenvalue weighted by Gasteiger charge is -2.33. The molecular weight excluding hydrogens is 434 g/mol. The topological polar surface area (TPSA) is 37.3 Å². The molecular formula is C30H31N3O2. The summed E-state index contributed by atoms with van der Waals surface area (Å²) in [6, 6.07) is 31.3. The predicted molar refractivity (Wildman–Crippen MR) is 142 cm³/mol. The maximum Gasteiger partial charge on any atom is 0.162 e. The van der Waals surface area contributed by atoms with Gasteiger partial charge in [-0.15, -0.1) is 0 Å². The number of methoxy groups -OCH3 is 1. The number of piperazine rings is 1. The van der Waals surface area contributed by atoms with Crippen molar-refractivity contribution in [2.45, 2.75) is 13.2 Å². The average Bonchev–Trinajstić information content (AvgIpc) is 2.92. The van der Waals surface area contributed by atoms with Crippen molar-refractivity contribution in [3.05, 3.63) is 108 Å². The van der Waals surface area contributed by atoms with Gasteiger partial charge in [0, 0.05) is 32.7 Å². The van der Waals surface area contributed by atoms with Crippen LogP contribution in [-0.2, 0) is 13.2 Å². The highest BCUT2D eigenvalue weighted by Gasteiger charge is 2.16. The minimum Gasteiger partial charge on any atom is -0.493 e. The SMILES string of the molecule is COc1ccc(/C=N\N2CCN(Cc3cccc4ccccc34)CC2)cc1OCc1ccccc1. The third-order valence-corrected chi connectivity index (χ3v) is 6.42. The van der Waals surface area contributed by atoms with E-state index in [4.69, 9.17) is 14.6 Å². The van der Waals surface area contributed by atoms with Gasteiger partial charge in [0.2, 0.25) is 0 Å². The maximum atomic E-state index is 6.04. The number of hydrogen-bond acceptors (Lipinski definition) is 5. The minimum atomic E-state index is 0.496. The summed E-state index contributed by atoms with van der Waals surface area (Å²) in [6.07, 6.45) is 1.91. The van der Waals surface area contributed by atoms with E-state index in [1.54, 1.807) is 7.11 Å². The number of nitrogens with zero attached hydrogens (tertiary/aromatic N) is 3. The number of benzene rings is 4. The van der Waals surface area contributed by atoms with Gasteiger partial charge in [-0.1, -0.05) is 72.8 Å². The third-order valence-electron chi connectivity index (χ3n) is 6.42. The van der Waals surface area contributed by atoms with Crippen LogP contribution in [0.5, 0.6) is 11.5 Å². The summed E-state index contributed by atoms with van der Waals surface area (Å²) < 4.78 is 11.5. The van der Waals surface area contributed by atoms with Crippen molar-refractivity contribution in [2.24, 2.45) is 5.10 Å². The van der Waals surface area contributed by atoms with Gasteiger partial charge in [-0.2, -0.15) is 5.10 Å². The molecule has 5 rings (SSSR count). The number of hydrazone groups is 1. The highest BCUT2D eigenvalue weighted by Crippen LogP contribution is 2.28. The van der Waals surface area contributed by atoms with E-state index in [2.05, 4.69) is 64.5 Å². The molecule has 1 saturated heterocycles. The molecule has 1 aliphatic heterocycles. The van der Waals surface area contributed by atoms with Crippen molar-refractivity contribution < 1.29 is 9.47 Å². The van der Waals surface area contributed by atoms with Crippen LogP contribution < -0.4 is 9.47 Å². The van der Waals surface area contributed by atoms with Crippen LogP contribution in [0, 0.1) is 0 Å². The summed E-state index contributed by atoms with van der Waals surface area (Å²) in [5, 5.41) is 9.55. The van der Waals surface area contributed by atoms with E-state index >= 15 is 0 Å². The summed E-state index contributed by atoms with van der Waals surface area (Å²) in [5.41, 5.74) is 3.50. The van der Waals surface area contributed by atoms with Crippen LogP contribution >= 0.6 is 0 Å². The largest absolute Gasteiger partial charge is 0.493 e. The Morgan fingerprint density at radius 2 is 1.57 bits per heavy atom. The van der Waals surface area contributed by atoms with Gasteiger partial charge in [-0.3, -0.25) is 9.91 Å². The Hall–Kier alpha value is -3.83. The van der Waals surface area contributed by atoms with Crippen LogP contribution in [0.4, 0.5) is 0 Å². The molecule has 4 aromatic carbocycles. The monoisotopic (exact) mass is 465 g/mol. The van der Waals surface area contributed by atoms with E-state index in [9.17, 15) is 0 Å². The number of fused-ring (bicyclic) bond motifs is 1. The van der Waals surface area contributed by atoms with Gasteiger partial charge >= 0.3 is 0 Å². The molecule has 0 saturated carbocycles. The Morgan fingerprint density at radius 3 is 2.40 bits per heavy atom. The summed E-state index contributed by atoms with van der Waals surface area (Å²) in [4.78, 5) is 2.51. The van der Waals surface area contributed by atoms with E-state index in [0.29, 0.717) is 6.61 Å². The lowest BCUT2D eigenvalue weighted by Crippen LogP contribution is -2.43. The molecule has 1 aliphatic rings. The number of ether oxygens (including phenoxy) is 2. The second-order valence-electron chi connectivity index (χ2n) is 8.80. The third kappa shape index (κ3) is 5.81. The fourth-order valence-corrected chi connectivity index (χ4v) is 4.45. The van der Waals surface area contributed by atoms with Crippen LogP contribution in [0.25, 0.3) is 10.8 Å². The lowest BCUT2D eigenvalue weighted by atomic mass is 10.0. The fraction of sp³-hybridized carbons (Fsp3) is 0.233. The van der Waals surface area contributed by atoms with Gasteiger partial charge in [0.15, 0.2) is 11.5 Å². The Morgan fingerprint density at radius 1 is 0.800 bits per heavy atom. The van der Waals surface area contributed by atoms with Crippen LogP contribution in [0.15, 0.2) is 96.1 Å². The van der Waals surface area contributed by atoms with Crippen molar-refractivity contribution in [1.29, 1.82) is 0 Å². The molecule has 35 heavy (non-hydrogen) atoms. The molecule has 4 aromatic rings. The minimum absolute atomic E-state index is 0.496. The van der Waals surface area contributed by atoms with Gasteiger partial charge < -0.3 is 9.47 Å². The van der Waals surface area contributed by atoms with Crippen LogP contribution in [0.1, 0.15) is 16.7 Å². The fourth-order valence-electron chi connectivity index (χ4n) is 4.45. The quantitative estimate of drug-likeness (QED) is 0.319. The standard InChI is InChI=1S/C30H31N3O2/c1-34-29-15-14-25(20-30(29)35-23-24-8-3-2-4-9-24)21-31-33-18-16-32(17-19-33)22-27-12-7-11-26-10-5-6-13-28(26)27/h2-15,20-21H,16-19,22-23H2,1H3/b31-21-. The first kappa shape index (κ1) is 22.9. The summed E-state index contributed by atoms with van der Waals surface area (Å²) >= 11 is 0. The second-order valence-corrected chi connectivity index (χ2v) is 8.80. The first-order valence-corrected chi connectivity index (χ1v) is 12.1. The normalized spacial score (nSPS) is 14.5. The molecule has 0 N–H and O–H groups in total. The van der Waals surface area contributed by atoms with Crippen molar-refractivity contribution >= 4 is 17.0 Å². The zero-order valence-electron chi connectivity index (χ0n) is 20.1. The van der Waals surface area contributed by atoms with Crippen molar-refractivity contribution in [3.63, 3.8) is 0 Å². The number of rotatable bonds is 8. The molecule has 5 nitrogen and oxygen atoms in total. The first-order valence-electron chi connectivity index (χ1n) is 12.1. The molecule has 0 spiro atoms. The molecule has 5 heteroatoms. The van der Waals surface area contributed by atoms with E-state index in [1.807, 2.05) is 42.6 Å². The average molecular weight is 466 g/mol. The van der Waals surface area contributed by atoms with Crippen molar-refractivity contribution in [3.8, 4) is 11.5 Å². The summed E-state index contributed by atoms with van der Waals surface area (Å²) in [5.74, 6) is 1.44. The second kappa shape index (κ2) is 11.1. The molecule has 0 aromatic heterocycles. The Labute approximate surface area is 207 Å². The molecule has 1 fully saturated rings. The van der Waals surface area contributed by atoms with Gasteiger partial charge in [-0.05, 0) is 45.7 Å². The van der Waals surface area contributed by atoms with Gasteiger partial charge in [0.1, 0.15) is 6.61 Å². The van der Waals surface area contributed by atoms with Crippen LogP contribution in [0.2, 0.25) is 0 Å². The van der Waals surface area contributed by atoms with E-state index in [0.717, 1.165) is 55.3 Å². The number of hydrogen-bond donors (Lipinski definition) is 0. The molecule has 0 bridgehead atoms. The highest BCUT2D eigenvalue weighted by molar-refractivity contribution is 5.85. The van der Waals surface area contributed by atoms with Crippen LogP contribution in [-0.4, -0.2) is 49.4 Å². The van der Waals surface area contributed by atoms with E-state index in [1.165, 1.54) is 16.3 Å². The Bertz CT molecular complexity index is 1280. The molecule has 0 amide bonds. The first-order chi connectivity index (χ1) is 17.3. The van der Waals surface area contributed by atoms with Crippen LogP contribution in [0.3, 0.4) is 0 Å². The molecule has 0 aliphatic carbocycles. The summed E-state index contributed by atoms with van der Waals surface area (Å²) in [6.45, 7) is 5.28. The van der Waals surface area contributed by atoms with Crippen molar-refractivity contribution in [2.75, 3.05) is 33.3 Å². The molecule has 178 valence electrons. The smallest absolute Gasteiger partial charge is 0.162 e. The maximum absolute atomic E-state index is 6.04. The Balaban J connectivity index is 1.18. The van der Waals surface area contributed by atoms with E-state index < -0.39 is 0 Å². The Kier molecular flexibility index (Phi) is 7.25. The zero-order chi connectivity index (χ0) is 23.9. The molecule has 0 radical (unpaired) electrons. The van der Waals surface area contributed by atoms with E-state index in [-0.39, 0.29) is 0 Å². The van der Waals surface area contributed by atoms with Gasteiger partial charge in [0.05, 0.1) is 13.3 Å². The van der Waals surface area contributed by atoms with Gasteiger partial charge in [-0.25, -0.2) is 0 Å². The molecule has 0 atom stereocenters. The highest BCUT2D eigenvalue weighted by atomic mass is 16.5. The predicted octanol–water partition coefficient (Wildman–Crippen LogP) is 5.58. The zero-order valence-corrected chi connectivity index (χ0v) is 20.1. The molecule has 0 unspecified atom stereocenters. The van der Waals surface area contributed by atoms with Gasteiger partial charge in [0.25, 0.3) is 0 Å². The molecule has 1 heterocycles.